The van der Waals surface area contributed by atoms with Gasteiger partial charge in [-0.1, -0.05) is 36.6 Å². The van der Waals surface area contributed by atoms with Crippen molar-refractivity contribution in [1.82, 2.24) is 10.3 Å². The van der Waals surface area contributed by atoms with Crippen molar-refractivity contribution in [2.24, 2.45) is 0 Å². The molecule has 2 aromatic rings. The lowest BCUT2D eigenvalue weighted by molar-refractivity contribution is 0.434. The maximum absolute atomic E-state index is 13.3. The van der Waals surface area contributed by atoms with E-state index < -0.39 is 0 Å². The van der Waals surface area contributed by atoms with Crippen molar-refractivity contribution in [3.8, 4) is 0 Å². The first kappa shape index (κ1) is 18.1. The number of nitrogens with zero attached hydrogens (tertiary/aromatic N) is 1. The molecule has 132 valence electrons. The Morgan fingerprint density at radius 1 is 1.28 bits per heavy atom. The Hall–Kier alpha value is -1.72. The molecule has 0 unspecified atom stereocenters. The smallest absolute Gasteiger partial charge is 0.171 e. The van der Waals surface area contributed by atoms with E-state index in [2.05, 4.69) is 15.6 Å². The van der Waals surface area contributed by atoms with Crippen molar-refractivity contribution >= 4 is 34.7 Å². The first-order valence-corrected chi connectivity index (χ1v) is 9.20. The van der Waals surface area contributed by atoms with E-state index in [1.165, 1.54) is 30.5 Å². The molecular formula is C19H21ClFN3S. The van der Waals surface area contributed by atoms with Crippen molar-refractivity contribution in [2.75, 3.05) is 11.9 Å². The Morgan fingerprint density at radius 3 is 2.60 bits per heavy atom. The number of anilines is 1. The quantitative estimate of drug-likeness (QED) is 0.737. The van der Waals surface area contributed by atoms with Crippen LogP contribution in [0, 0.1) is 12.7 Å². The number of aromatic nitrogens is 1. The number of nitrogens with one attached hydrogen (secondary N) is 2. The average molecular weight is 378 g/mol. The number of hydrogen-bond acceptors (Lipinski definition) is 2. The van der Waals surface area contributed by atoms with Gasteiger partial charge < -0.3 is 10.6 Å². The molecular weight excluding hydrogens is 357 g/mol. The molecule has 1 saturated carbocycles. The van der Waals surface area contributed by atoms with E-state index in [1.807, 2.05) is 25.1 Å². The van der Waals surface area contributed by atoms with Gasteiger partial charge in [0.1, 0.15) is 11.6 Å². The summed E-state index contributed by atoms with van der Waals surface area (Å²) in [5.74, 6) is 0.496. The van der Waals surface area contributed by atoms with Crippen LogP contribution in [0.3, 0.4) is 0 Å². The zero-order valence-electron chi connectivity index (χ0n) is 14.1. The van der Waals surface area contributed by atoms with Crippen LogP contribution in [0.5, 0.6) is 0 Å². The molecule has 1 heterocycles. The standard InChI is InChI=1S/C19H21ClFN3S/c1-13-10-15(20)11-22-17(13)24-18(25)23-12-19(8-2-3-9-19)14-4-6-16(21)7-5-14/h4-7,10-11H,2-3,8-9,12H2,1H3,(H2,22,23,24,25). The average Bonchev–Trinajstić information content (AvgIpc) is 3.06. The zero-order valence-corrected chi connectivity index (χ0v) is 15.7. The molecule has 0 spiro atoms. The summed E-state index contributed by atoms with van der Waals surface area (Å²) in [5.41, 5.74) is 2.11. The SMILES string of the molecule is Cc1cc(Cl)cnc1NC(=S)NCC1(c2ccc(F)cc2)CCCC1. The summed E-state index contributed by atoms with van der Waals surface area (Å²) in [6.45, 7) is 2.65. The first-order valence-electron chi connectivity index (χ1n) is 8.42. The molecule has 1 aliphatic rings. The summed E-state index contributed by atoms with van der Waals surface area (Å²) >= 11 is 11.4. The molecule has 1 aromatic heterocycles. The second-order valence-corrected chi connectivity index (χ2v) is 7.47. The van der Waals surface area contributed by atoms with Crippen LogP contribution < -0.4 is 10.6 Å². The third-order valence-corrected chi connectivity index (χ3v) is 5.33. The van der Waals surface area contributed by atoms with Crippen LogP contribution in [0.1, 0.15) is 36.8 Å². The molecule has 3 rings (SSSR count). The highest BCUT2D eigenvalue weighted by Crippen LogP contribution is 2.40. The van der Waals surface area contributed by atoms with Crippen LogP contribution in [0.25, 0.3) is 0 Å². The third kappa shape index (κ3) is 4.28. The van der Waals surface area contributed by atoms with Gasteiger partial charge in [0, 0.05) is 18.2 Å². The highest BCUT2D eigenvalue weighted by molar-refractivity contribution is 7.80. The van der Waals surface area contributed by atoms with Gasteiger partial charge in [-0.2, -0.15) is 0 Å². The van der Waals surface area contributed by atoms with E-state index in [0.717, 1.165) is 24.9 Å². The van der Waals surface area contributed by atoms with Crippen LogP contribution in [-0.4, -0.2) is 16.6 Å². The van der Waals surface area contributed by atoms with Gasteiger partial charge in [0.2, 0.25) is 0 Å². The molecule has 6 heteroatoms. The maximum atomic E-state index is 13.3. The van der Waals surface area contributed by atoms with Gasteiger partial charge in [0.15, 0.2) is 5.11 Å². The van der Waals surface area contributed by atoms with Gasteiger partial charge in [0.25, 0.3) is 0 Å². The molecule has 3 nitrogen and oxygen atoms in total. The number of benzene rings is 1. The van der Waals surface area contributed by atoms with Gasteiger partial charge in [-0.25, -0.2) is 9.37 Å². The summed E-state index contributed by atoms with van der Waals surface area (Å²) < 4.78 is 13.3. The van der Waals surface area contributed by atoms with Crippen LogP contribution in [-0.2, 0) is 5.41 Å². The van der Waals surface area contributed by atoms with Crippen molar-refractivity contribution in [3.05, 3.63) is 58.5 Å². The van der Waals surface area contributed by atoms with E-state index in [1.54, 1.807) is 6.20 Å². The molecule has 1 fully saturated rings. The normalized spacial score (nSPS) is 15.8. The fourth-order valence-corrected chi connectivity index (χ4v) is 3.88. The summed E-state index contributed by atoms with van der Waals surface area (Å²) in [6.07, 6.45) is 6.10. The summed E-state index contributed by atoms with van der Waals surface area (Å²) in [7, 11) is 0. The summed E-state index contributed by atoms with van der Waals surface area (Å²) in [5, 5.41) is 7.59. The van der Waals surface area contributed by atoms with Crippen molar-refractivity contribution in [2.45, 2.75) is 38.0 Å². The first-order chi connectivity index (χ1) is 12.0. The molecule has 0 aliphatic heterocycles. The van der Waals surface area contributed by atoms with Crippen molar-refractivity contribution in [3.63, 3.8) is 0 Å². The monoisotopic (exact) mass is 377 g/mol. The molecule has 1 aliphatic carbocycles. The lowest BCUT2D eigenvalue weighted by Crippen LogP contribution is -2.41. The van der Waals surface area contributed by atoms with Gasteiger partial charge in [-0.05, 0) is 61.3 Å². The predicted octanol–water partition coefficient (Wildman–Crippen LogP) is 4.98. The molecule has 1 aromatic carbocycles. The fourth-order valence-electron chi connectivity index (χ4n) is 3.50. The maximum Gasteiger partial charge on any atom is 0.171 e. The second-order valence-electron chi connectivity index (χ2n) is 6.62. The molecule has 25 heavy (non-hydrogen) atoms. The highest BCUT2D eigenvalue weighted by Gasteiger charge is 2.35. The largest absolute Gasteiger partial charge is 0.362 e. The highest BCUT2D eigenvalue weighted by atomic mass is 35.5. The topological polar surface area (TPSA) is 37.0 Å². The minimum absolute atomic E-state index is 0.00189. The van der Waals surface area contributed by atoms with Gasteiger partial charge >= 0.3 is 0 Å². The second kappa shape index (κ2) is 7.67. The Labute approximate surface area is 158 Å². The van der Waals surface area contributed by atoms with Crippen molar-refractivity contribution in [1.29, 1.82) is 0 Å². The van der Waals surface area contributed by atoms with Gasteiger partial charge in [-0.3, -0.25) is 0 Å². The Kier molecular flexibility index (Phi) is 5.54. The van der Waals surface area contributed by atoms with E-state index >= 15 is 0 Å². The molecule has 0 amide bonds. The Bertz CT molecular complexity index is 758. The van der Waals surface area contributed by atoms with Crippen LogP contribution >= 0.6 is 23.8 Å². The molecule has 2 N–H and O–H groups in total. The minimum atomic E-state index is -0.202. The molecule has 0 bridgehead atoms. The Morgan fingerprint density at radius 2 is 1.96 bits per heavy atom. The molecule has 0 saturated heterocycles. The lowest BCUT2D eigenvalue weighted by Gasteiger charge is -2.30. The van der Waals surface area contributed by atoms with Gasteiger partial charge in [0.05, 0.1) is 5.02 Å². The Balaban J connectivity index is 1.67. The third-order valence-electron chi connectivity index (χ3n) is 4.88. The van der Waals surface area contributed by atoms with E-state index in [0.29, 0.717) is 16.0 Å². The predicted molar refractivity (Wildman–Crippen MR) is 105 cm³/mol. The lowest BCUT2D eigenvalue weighted by atomic mass is 9.79. The number of aryl methyl sites for hydroxylation is 1. The molecule has 0 radical (unpaired) electrons. The fraction of sp³-hybridized carbons (Fsp3) is 0.368. The minimum Gasteiger partial charge on any atom is -0.362 e. The zero-order chi connectivity index (χ0) is 17.9. The van der Waals surface area contributed by atoms with Crippen LogP contribution in [0.2, 0.25) is 5.02 Å². The molecule has 0 atom stereocenters. The number of hydrogen-bond donors (Lipinski definition) is 2. The van der Waals surface area contributed by atoms with Crippen LogP contribution in [0.4, 0.5) is 10.2 Å². The number of thiocarbonyl (C=S) groups is 1. The number of halogens is 2. The van der Waals surface area contributed by atoms with Crippen LogP contribution in [0.15, 0.2) is 36.5 Å². The van der Waals surface area contributed by atoms with E-state index in [-0.39, 0.29) is 11.2 Å². The summed E-state index contributed by atoms with van der Waals surface area (Å²) in [6, 6.07) is 8.70. The van der Waals surface area contributed by atoms with E-state index in [4.69, 9.17) is 23.8 Å². The van der Waals surface area contributed by atoms with Crippen molar-refractivity contribution < 1.29 is 4.39 Å². The number of pyridine rings is 1. The summed E-state index contributed by atoms with van der Waals surface area (Å²) in [4.78, 5) is 4.27. The number of rotatable bonds is 4. The van der Waals surface area contributed by atoms with E-state index in [9.17, 15) is 4.39 Å². The van der Waals surface area contributed by atoms with Gasteiger partial charge in [-0.15, -0.1) is 0 Å².